The maximum atomic E-state index is 11.1. The summed E-state index contributed by atoms with van der Waals surface area (Å²) in [5.41, 5.74) is 0.310. The minimum absolute atomic E-state index is 0.168. The van der Waals surface area contributed by atoms with E-state index in [2.05, 4.69) is 4.98 Å². The molecule has 0 bridgehead atoms. The van der Waals surface area contributed by atoms with Crippen LogP contribution in [0.3, 0.4) is 0 Å². The second-order valence-corrected chi connectivity index (χ2v) is 3.51. The Hall–Kier alpha value is -2.44. The number of rotatable bonds is 7. The van der Waals surface area contributed by atoms with E-state index in [4.69, 9.17) is 10.2 Å². The molecule has 0 aliphatic rings. The van der Waals surface area contributed by atoms with E-state index in [0.717, 1.165) is 4.90 Å². The van der Waals surface area contributed by atoms with Gasteiger partial charge in [-0.05, 0) is 18.6 Å². The first kappa shape index (κ1) is 13.6. The molecule has 7 heteroatoms. The topological polar surface area (TPSA) is 108 Å². The molecule has 1 rings (SSSR count). The van der Waals surface area contributed by atoms with Gasteiger partial charge in [0.25, 0.3) is 0 Å². The van der Waals surface area contributed by atoms with E-state index in [1.807, 2.05) is 0 Å². The Bertz CT molecular complexity index is 434. The number of hydrogen-bond acceptors (Lipinski definition) is 4. The Morgan fingerprint density at radius 1 is 1.44 bits per heavy atom. The Morgan fingerprint density at radius 3 is 2.61 bits per heavy atom. The molecule has 1 aromatic rings. The highest BCUT2D eigenvalue weighted by atomic mass is 16.4. The SMILES string of the molecule is O=CN(c1cccnc1)C(CCC(=O)O)C(=O)O. The van der Waals surface area contributed by atoms with Crippen molar-refractivity contribution in [3.8, 4) is 0 Å². The molecule has 0 fully saturated rings. The number of aromatic nitrogens is 1. The quantitative estimate of drug-likeness (QED) is 0.678. The third kappa shape index (κ3) is 3.55. The van der Waals surface area contributed by atoms with Crippen molar-refractivity contribution < 1.29 is 24.6 Å². The molecule has 2 N–H and O–H groups in total. The van der Waals surface area contributed by atoms with Gasteiger partial charge in [0.2, 0.25) is 6.41 Å². The first-order chi connectivity index (χ1) is 8.56. The van der Waals surface area contributed by atoms with Crippen LogP contribution in [-0.2, 0) is 14.4 Å². The summed E-state index contributed by atoms with van der Waals surface area (Å²) in [5.74, 6) is -2.37. The summed E-state index contributed by atoms with van der Waals surface area (Å²) in [6.45, 7) is 0. The van der Waals surface area contributed by atoms with Gasteiger partial charge in [-0.1, -0.05) is 0 Å². The molecule has 96 valence electrons. The van der Waals surface area contributed by atoms with Crippen molar-refractivity contribution in [2.75, 3.05) is 4.90 Å². The summed E-state index contributed by atoms with van der Waals surface area (Å²) in [4.78, 5) is 37.3. The van der Waals surface area contributed by atoms with Gasteiger partial charge >= 0.3 is 11.9 Å². The standard InChI is InChI=1S/C11H12N2O5/c14-7-13(8-2-1-5-12-6-8)9(11(17)18)3-4-10(15)16/h1-2,5-7,9H,3-4H2,(H,15,16)(H,17,18). The number of hydrogen-bond donors (Lipinski definition) is 2. The van der Waals surface area contributed by atoms with Gasteiger partial charge < -0.3 is 10.2 Å². The number of aliphatic carboxylic acids is 2. The first-order valence-corrected chi connectivity index (χ1v) is 5.14. The predicted molar refractivity (Wildman–Crippen MR) is 61.1 cm³/mol. The molecular weight excluding hydrogens is 240 g/mol. The Morgan fingerprint density at radius 2 is 2.17 bits per heavy atom. The van der Waals surface area contributed by atoms with Crippen LogP contribution in [0, 0.1) is 0 Å². The fraction of sp³-hybridized carbons (Fsp3) is 0.273. The number of nitrogens with zero attached hydrogens (tertiary/aromatic N) is 2. The summed E-state index contributed by atoms with van der Waals surface area (Å²) < 4.78 is 0. The van der Waals surface area contributed by atoms with E-state index in [1.54, 1.807) is 6.07 Å². The average molecular weight is 252 g/mol. The van der Waals surface area contributed by atoms with Gasteiger partial charge in [0.1, 0.15) is 6.04 Å². The molecule has 7 nitrogen and oxygen atoms in total. The van der Waals surface area contributed by atoms with Gasteiger partial charge in [0.05, 0.1) is 11.9 Å². The van der Waals surface area contributed by atoms with E-state index in [1.165, 1.54) is 18.5 Å². The highest BCUT2D eigenvalue weighted by molar-refractivity contribution is 5.88. The molecule has 1 aromatic heterocycles. The normalized spacial score (nSPS) is 11.6. The molecule has 0 saturated carbocycles. The van der Waals surface area contributed by atoms with E-state index >= 15 is 0 Å². The molecule has 1 atom stereocenters. The maximum absolute atomic E-state index is 11.1. The number of carbonyl (C=O) groups is 3. The second-order valence-electron chi connectivity index (χ2n) is 3.51. The van der Waals surface area contributed by atoms with Crippen molar-refractivity contribution in [2.24, 2.45) is 0 Å². The zero-order valence-electron chi connectivity index (χ0n) is 9.39. The van der Waals surface area contributed by atoms with Crippen molar-refractivity contribution >= 4 is 24.0 Å². The Balaban J connectivity index is 2.91. The van der Waals surface area contributed by atoms with Crippen molar-refractivity contribution in [1.29, 1.82) is 0 Å². The minimum atomic E-state index is -1.26. The van der Waals surface area contributed by atoms with Crippen LogP contribution < -0.4 is 4.90 Å². The Kier molecular flexibility index (Phi) is 4.79. The van der Waals surface area contributed by atoms with Crippen LogP contribution in [0.4, 0.5) is 5.69 Å². The second kappa shape index (κ2) is 6.33. The first-order valence-electron chi connectivity index (χ1n) is 5.14. The Labute approximate surface area is 103 Å². The number of anilines is 1. The third-order valence-electron chi connectivity index (χ3n) is 2.31. The summed E-state index contributed by atoms with van der Waals surface area (Å²) in [7, 11) is 0. The van der Waals surface area contributed by atoms with Gasteiger partial charge in [-0.3, -0.25) is 19.5 Å². The molecule has 0 aliphatic heterocycles. The van der Waals surface area contributed by atoms with Crippen LogP contribution >= 0.6 is 0 Å². The minimum Gasteiger partial charge on any atom is -0.481 e. The van der Waals surface area contributed by atoms with Crippen LogP contribution in [0.5, 0.6) is 0 Å². The molecule has 1 amide bonds. The lowest BCUT2D eigenvalue weighted by molar-refractivity contribution is -0.140. The highest BCUT2D eigenvalue weighted by Crippen LogP contribution is 2.16. The van der Waals surface area contributed by atoms with Crippen molar-refractivity contribution in [2.45, 2.75) is 18.9 Å². The molecule has 1 unspecified atom stereocenters. The van der Waals surface area contributed by atoms with Gasteiger partial charge in [0.15, 0.2) is 0 Å². The van der Waals surface area contributed by atoms with Crippen molar-refractivity contribution in [3.05, 3.63) is 24.5 Å². The lowest BCUT2D eigenvalue weighted by atomic mass is 10.1. The fourth-order valence-electron chi connectivity index (χ4n) is 1.46. The molecule has 0 aliphatic carbocycles. The highest BCUT2D eigenvalue weighted by Gasteiger charge is 2.26. The largest absolute Gasteiger partial charge is 0.481 e. The lowest BCUT2D eigenvalue weighted by Gasteiger charge is -2.24. The van der Waals surface area contributed by atoms with Crippen molar-refractivity contribution in [1.82, 2.24) is 4.98 Å². The summed E-state index contributed by atoms with van der Waals surface area (Å²) in [6, 6.07) is 1.86. The zero-order valence-corrected chi connectivity index (χ0v) is 9.39. The molecule has 0 spiro atoms. The monoisotopic (exact) mass is 252 g/mol. The van der Waals surface area contributed by atoms with Crippen LogP contribution in [0.1, 0.15) is 12.8 Å². The van der Waals surface area contributed by atoms with Gasteiger partial charge in [0, 0.05) is 12.6 Å². The maximum Gasteiger partial charge on any atom is 0.326 e. The van der Waals surface area contributed by atoms with Gasteiger partial charge in [-0.25, -0.2) is 4.79 Å². The van der Waals surface area contributed by atoms with Crippen LogP contribution in [-0.4, -0.2) is 39.6 Å². The van der Waals surface area contributed by atoms with E-state index < -0.39 is 18.0 Å². The zero-order chi connectivity index (χ0) is 13.5. The summed E-state index contributed by atoms with van der Waals surface area (Å²) in [5, 5.41) is 17.6. The number of pyridine rings is 1. The summed E-state index contributed by atoms with van der Waals surface area (Å²) in [6.07, 6.45) is 2.68. The molecule has 1 heterocycles. The number of carboxylic acid groups (broad SMARTS) is 2. The predicted octanol–water partition coefficient (Wildman–Crippen LogP) is 0.362. The van der Waals surface area contributed by atoms with Crippen LogP contribution in [0.15, 0.2) is 24.5 Å². The smallest absolute Gasteiger partial charge is 0.326 e. The van der Waals surface area contributed by atoms with Crippen molar-refractivity contribution in [3.63, 3.8) is 0 Å². The van der Waals surface area contributed by atoms with E-state index in [0.29, 0.717) is 12.1 Å². The molecule has 18 heavy (non-hydrogen) atoms. The fourth-order valence-corrected chi connectivity index (χ4v) is 1.46. The lowest BCUT2D eigenvalue weighted by Crippen LogP contribution is -2.41. The van der Waals surface area contributed by atoms with Gasteiger partial charge in [-0.2, -0.15) is 0 Å². The third-order valence-corrected chi connectivity index (χ3v) is 2.31. The molecular formula is C11H12N2O5. The van der Waals surface area contributed by atoms with Crippen LogP contribution in [0.2, 0.25) is 0 Å². The number of carbonyl (C=O) groups excluding carboxylic acids is 1. The molecule has 0 aromatic carbocycles. The van der Waals surface area contributed by atoms with Gasteiger partial charge in [-0.15, -0.1) is 0 Å². The average Bonchev–Trinajstić information content (AvgIpc) is 2.34. The number of carboxylic acids is 2. The van der Waals surface area contributed by atoms with Crippen LogP contribution in [0.25, 0.3) is 0 Å². The van der Waals surface area contributed by atoms with E-state index in [9.17, 15) is 14.4 Å². The summed E-state index contributed by atoms with van der Waals surface area (Å²) >= 11 is 0. The number of amides is 1. The molecule has 0 saturated heterocycles. The van der Waals surface area contributed by atoms with E-state index in [-0.39, 0.29) is 12.8 Å². The molecule has 0 radical (unpaired) electrons.